The number of halogens is 1. The molecule has 0 aliphatic carbocycles. The van der Waals surface area contributed by atoms with Gasteiger partial charge in [-0.2, -0.15) is 0 Å². The van der Waals surface area contributed by atoms with Crippen molar-refractivity contribution in [2.75, 3.05) is 11.5 Å². The third kappa shape index (κ3) is 5.74. The number of anilines is 2. The number of esters is 1. The fourth-order valence-electron chi connectivity index (χ4n) is 3.36. The van der Waals surface area contributed by atoms with Crippen LogP contribution in [0.25, 0.3) is 0 Å². The summed E-state index contributed by atoms with van der Waals surface area (Å²) in [7, 11) is 0. The highest BCUT2D eigenvalue weighted by Gasteiger charge is 2.28. The van der Waals surface area contributed by atoms with Crippen molar-refractivity contribution < 1.29 is 19.1 Å². The first-order chi connectivity index (χ1) is 15.6. The first kappa shape index (κ1) is 24.3. The molecule has 0 unspecified atom stereocenters. The molecule has 3 aromatic rings. The molecule has 3 aromatic carbocycles. The van der Waals surface area contributed by atoms with Crippen LogP contribution in [-0.4, -0.2) is 18.7 Å². The number of aryl methyl sites for hydroxylation is 1. The molecule has 0 radical (unpaired) electrons. The molecule has 172 valence electrons. The Bertz CT molecular complexity index is 1150. The van der Waals surface area contributed by atoms with Gasteiger partial charge in [0.15, 0.2) is 5.75 Å². The molecule has 0 aromatic heterocycles. The van der Waals surface area contributed by atoms with E-state index in [4.69, 9.17) is 21.1 Å². The van der Waals surface area contributed by atoms with Crippen LogP contribution >= 0.6 is 11.6 Å². The van der Waals surface area contributed by atoms with Gasteiger partial charge in [0.1, 0.15) is 0 Å². The van der Waals surface area contributed by atoms with Gasteiger partial charge in [0.05, 0.1) is 23.5 Å². The van der Waals surface area contributed by atoms with E-state index in [0.29, 0.717) is 22.0 Å². The average Bonchev–Trinajstić information content (AvgIpc) is 2.76. The number of carbonyl (C=O) groups is 2. The second-order valence-corrected chi connectivity index (χ2v) is 9.10. The summed E-state index contributed by atoms with van der Waals surface area (Å²) in [5, 5.41) is 0.432. The van der Waals surface area contributed by atoms with Gasteiger partial charge in [0.2, 0.25) is 0 Å². The Morgan fingerprint density at radius 1 is 0.970 bits per heavy atom. The normalized spacial score (nSPS) is 11.1. The summed E-state index contributed by atoms with van der Waals surface area (Å²) in [4.78, 5) is 27.5. The number of carbonyl (C=O) groups excluding carboxylic acids is 2. The number of benzene rings is 3. The molecule has 0 spiro atoms. The molecule has 0 aliphatic heterocycles. The van der Waals surface area contributed by atoms with Crippen LogP contribution in [0.15, 0.2) is 66.7 Å². The van der Waals surface area contributed by atoms with Gasteiger partial charge in [-0.3, -0.25) is 0 Å². The fraction of sp³-hybridized carbons (Fsp3) is 0.259. The van der Waals surface area contributed by atoms with E-state index in [1.54, 1.807) is 43.3 Å². The summed E-state index contributed by atoms with van der Waals surface area (Å²) in [6.45, 7) is 10.1. The van der Waals surface area contributed by atoms with Crippen LogP contribution < -0.4 is 9.64 Å². The minimum Gasteiger partial charge on any atom is -0.449 e. The Hall–Kier alpha value is -3.31. The molecule has 0 bridgehead atoms. The number of hydrogen-bond acceptors (Lipinski definition) is 4. The predicted octanol–water partition coefficient (Wildman–Crippen LogP) is 7.46. The van der Waals surface area contributed by atoms with Crippen molar-refractivity contribution in [3.63, 3.8) is 0 Å². The molecule has 5 nitrogen and oxygen atoms in total. The maximum Gasteiger partial charge on any atom is 0.419 e. The quantitative estimate of drug-likeness (QED) is 0.290. The summed E-state index contributed by atoms with van der Waals surface area (Å²) in [6.07, 6.45) is -0.561. The molecule has 6 heteroatoms. The van der Waals surface area contributed by atoms with Gasteiger partial charge in [-0.25, -0.2) is 14.5 Å². The Morgan fingerprint density at radius 2 is 1.67 bits per heavy atom. The molecule has 3 rings (SSSR count). The minimum atomic E-state index is -0.567. The van der Waals surface area contributed by atoms with Crippen molar-refractivity contribution in [3.8, 4) is 5.75 Å². The lowest BCUT2D eigenvalue weighted by Crippen LogP contribution is -2.28. The smallest absolute Gasteiger partial charge is 0.419 e. The Kier molecular flexibility index (Phi) is 7.44. The number of rotatable bonds is 5. The molecular weight excluding hydrogens is 438 g/mol. The summed E-state index contributed by atoms with van der Waals surface area (Å²) in [6, 6.07) is 19.5. The molecule has 0 aliphatic rings. The third-order valence-electron chi connectivity index (χ3n) is 5.08. The lowest BCUT2D eigenvalue weighted by Gasteiger charge is -2.28. The van der Waals surface area contributed by atoms with Crippen LogP contribution in [0.2, 0.25) is 5.02 Å². The van der Waals surface area contributed by atoms with E-state index in [9.17, 15) is 9.59 Å². The van der Waals surface area contributed by atoms with Crippen molar-refractivity contribution in [2.45, 2.75) is 40.0 Å². The van der Waals surface area contributed by atoms with Gasteiger partial charge >= 0.3 is 12.1 Å². The van der Waals surface area contributed by atoms with E-state index in [0.717, 1.165) is 11.1 Å². The Morgan fingerprint density at radius 3 is 2.27 bits per heavy atom. The highest BCUT2D eigenvalue weighted by molar-refractivity contribution is 6.30. The number of para-hydroxylation sites is 1. The predicted molar refractivity (Wildman–Crippen MR) is 132 cm³/mol. The van der Waals surface area contributed by atoms with E-state index in [1.165, 1.54) is 4.90 Å². The van der Waals surface area contributed by atoms with E-state index < -0.39 is 12.1 Å². The number of ether oxygens (including phenoxy) is 2. The summed E-state index contributed by atoms with van der Waals surface area (Å²) < 4.78 is 11.2. The summed E-state index contributed by atoms with van der Waals surface area (Å²) >= 11 is 6.06. The zero-order valence-electron chi connectivity index (χ0n) is 19.5. The standard InChI is InChI=1S/C27H28ClNO4/c1-6-32-26(31)29(22-13-8-7-9-14-22)23-17-20(27(3,4)5)15-18(2)24(23)33-25(30)19-11-10-12-21(28)16-19/h7-17H,6H2,1-5H3. The van der Waals surface area contributed by atoms with E-state index in [1.807, 2.05) is 37.3 Å². The van der Waals surface area contributed by atoms with Gasteiger partial charge in [-0.15, -0.1) is 0 Å². The van der Waals surface area contributed by atoms with E-state index in [2.05, 4.69) is 20.8 Å². The van der Waals surface area contributed by atoms with Crippen LogP contribution in [0.3, 0.4) is 0 Å². The van der Waals surface area contributed by atoms with Gasteiger partial charge < -0.3 is 9.47 Å². The number of nitrogens with zero attached hydrogens (tertiary/aromatic N) is 1. The number of amides is 1. The van der Waals surface area contributed by atoms with Crippen molar-refractivity contribution in [3.05, 3.63) is 88.4 Å². The highest BCUT2D eigenvalue weighted by atomic mass is 35.5. The Labute approximate surface area is 199 Å². The van der Waals surface area contributed by atoms with Gasteiger partial charge in [-0.1, -0.05) is 62.7 Å². The van der Waals surface area contributed by atoms with Crippen molar-refractivity contribution in [1.29, 1.82) is 0 Å². The summed E-state index contributed by atoms with van der Waals surface area (Å²) in [5.74, 6) is -0.285. The molecule has 0 N–H and O–H groups in total. The first-order valence-electron chi connectivity index (χ1n) is 10.8. The lowest BCUT2D eigenvalue weighted by molar-refractivity contribution is 0.0733. The topological polar surface area (TPSA) is 55.8 Å². The molecular formula is C27H28ClNO4. The summed E-state index contributed by atoms with van der Waals surface area (Å²) in [5.41, 5.74) is 2.85. The van der Waals surface area contributed by atoms with Crippen molar-refractivity contribution >= 4 is 35.0 Å². The van der Waals surface area contributed by atoms with Crippen molar-refractivity contribution in [2.24, 2.45) is 0 Å². The molecule has 0 saturated carbocycles. The van der Waals surface area contributed by atoms with Gasteiger partial charge in [0, 0.05) is 5.02 Å². The number of hydrogen-bond donors (Lipinski definition) is 0. The van der Waals surface area contributed by atoms with Crippen LogP contribution in [0.5, 0.6) is 5.75 Å². The molecule has 0 heterocycles. The van der Waals surface area contributed by atoms with Crippen LogP contribution in [0, 0.1) is 6.92 Å². The average molecular weight is 466 g/mol. The SMILES string of the molecule is CCOC(=O)N(c1ccccc1)c1cc(C(C)(C)C)cc(C)c1OC(=O)c1cccc(Cl)c1. The highest BCUT2D eigenvalue weighted by Crippen LogP contribution is 2.41. The largest absolute Gasteiger partial charge is 0.449 e. The first-order valence-corrected chi connectivity index (χ1v) is 11.1. The second-order valence-electron chi connectivity index (χ2n) is 8.66. The van der Waals surface area contributed by atoms with E-state index >= 15 is 0 Å². The minimum absolute atomic E-state index is 0.202. The molecule has 0 atom stereocenters. The maximum absolute atomic E-state index is 13.1. The Balaban J connectivity index is 2.20. The molecule has 0 saturated heterocycles. The second kappa shape index (κ2) is 10.1. The molecule has 0 fully saturated rings. The zero-order valence-corrected chi connectivity index (χ0v) is 20.3. The fourth-order valence-corrected chi connectivity index (χ4v) is 3.55. The van der Waals surface area contributed by atoms with Crippen molar-refractivity contribution in [1.82, 2.24) is 0 Å². The van der Waals surface area contributed by atoms with Gasteiger partial charge in [-0.05, 0) is 66.8 Å². The van der Waals surface area contributed by atoms with Crippen LogP contribution in [0.1, 0.15) is 49.2 Å². The molecule has 1 amide bonds. The lowest BCUT2D eigenvalue weighted by atomic mass is 9.85. The zero-order chi connectivity index (χ0) is 24.2. The van der Waals surface area contributed by atoms with Crippen LogP contribution in [-0.2, 0) is 10.2 Å². The maximum atomic E-state index is 13.1. The van der Waals surface area contributed by atoms with E-state index in [-0.39, 0.29) is 17.8 Å². The monoisotopic (exact) mass is 465 g/mol. The molecule has 33 heavy (non-hydrogen) atoms. The van der Waals surface area contributed by atoms with Gasteiger partial charge in [0.25, 0.3) is 0 Å². The third-order valence-corrected chi connectivity index (χ3v) is 5.32. The van der Waals surface area contributed by atoms with Crippen LogP contribution in [0.4, 0.5) is 16.2 Å².